The summed E-state index contributed by atoms with van der Waals surface area (Å²) in [5.74, 6) is -1.61. The lowest BCUT2D eigenvalue weighted by Crippen LogP contribution is -2.51. The zero-order valence-electron chi connectivity index (χ0n) is 13.5. The van der Waals surface area contributed by atoms with Crippen molar-refractivity contribution in [2.24, 2.45) is 0 Å². The Morgan fingerprint density at radius 2 is 1.84 bits per heavy atom. The molecule has 1 fully saturated rings. The maximum atomic E-state index is 11.7. The molecule has 0 bridgehead atoms. The van der Waals surface area contributed by atoms with E-state index in [1.807, 2.05) is 17.6 Å². The van der Waals surface area contributed by atoms with Crippen LogP contribution in [0.2, 0.25) is 0 Å². The van der Waals surface area contributed by atoms with Gasteiger partial charge in [0.2, 0.25) is 0 Å². The fraction of sp³-hybridized carbons (Fsp3) is 0.312. The van der Waals surface area contributed by atoms with Crippen LogP contribution in [0.5, 0.6) is 5.75 Å². The molecular formula is C16H17N3O6. The van der Waals surface area contributed by atoms with Crippen LogP contribution < -0.4 is 15.4 Å². The molecule has 2 rings (SSSR count). The van der Waals surface area contributed by atoms with E-state index in [0.29, 0.717) is 6.61 Å². The Morgan fingerprint density at radius 3 is 2.44 bits per heavy atom. The molecule has 1 aliphatic heterocycles. The van der Waals surface area contributed by atoms with Crippen LogP contribution in [0, 0.1) is 10.1 Å². The highest BCUT2D eigenvalue weighted by atomic mass is 16.6. The van der Waals surface area contributed by atoms with E-state index in [2.05, 4.69) is 0 Å². The number of urea groups is 1. The minimum absolute atomic E-state index is 0.121. The Morgan fingerprint density at radius 1 is 1.16 bits per heavy atom. The highest BCUT2D eigenvalue weighted by Gasteiger charge is 2.28. The Kier molecular flexibility index (Phi) is 5.83. The van der Waals surface area contributed by atoms with Crippen molar-refractivity contribution in [2.75, 3.05) is 6.61 Å². The molecule has 9 nitrogen and oxygen atoms in total. The van der Waals surface area contributed by atoms with Gasteiger partial charge >= 0.3 is 11.7 Å². The van der Waals surface area contributed by atoms with Crippen molar-refractivity contribution in [1.82, 2.24) is 10.6 Å². The highest BCUT2D eigenvalue weighted by molar-refractivity contribution is 6.31. The van der Waals surface area contributed by atoms with Crippen LogP contribution in [0.3, 0.4) is 0 Å². The topological polar surface area (TPSA) is 128 Å². The first-order valence-electron chi connectivity index (χ1n) is 7.72. The number of hydrogen-bond donors (Lipinski definition) is 2. The van der Waals surface area contributed by atoms with Gasteiger partial charge in [0.1, 0.15) is 5.57 Å². The van der Waals surface area contributed by atoms with E-state index in [4.69, 9.17) is 4.74 Å². The SMILES string of the molecule is CCCCCOc1ccc(C=C2C(=O)NC(=O)NC2=O)cc1[N+](=O)[O-]. The summed E-state index contributed by atoms with van der Waals surface area (Å²) in [6.07, 6.45) is 3.92. The van der Waals surface area contributed by atoms with E-state index in [0.717, 1.165) is 19.3 Å². The number of nitro benzene ring substituents is 1. The maximum absolute atomic E-state index is 11.7. The number of carbonyl (C=O) groups is 3. The standard InChI is InChI=1S/C16H17N3O6/c1-2-3-4-7-25-13-6-5-10(9-12(13)19(23)24)8-11-14(20)17-16(22)18-15(11)21/h5-6,8-9H,2-4,7H2,1H3,(H2,17,18,20,21,22). The average molecular weight is 347 g/mol. The second-order valence-corrected chi connectivity index (χ2v) is 5.34. The summed E-state index contributed by atoms with van der Waals surface area (Å²) in [4.78, 5) is 45.0. The number of imide groups is 2. The lowest BCUT2D eigenvalue weighted by atomic mass is 10.1. The molecule has 1 aliphatic rings. The zero-order chi connectivity index (χ0) is 18.4. The minimum atomic E-state index is -0.908. The summed E-state index contributed by atoms with van der Waals surface area (Å²) >= 11 is 0. The van der Waals surface area contributed by atoms with E-state index in [9.17, 15) is 24.5 Å². The molecule has 25 heavy (non-hydrogen) atoms. The van der Waals surface area contributed by atoms with Crippen molar-refractivity contribution in [1.29, 1.82) is 0 Å². The van der Waals surface area contributed by atoms with Crippen LogP contribution in [-0.4, -0.2) is 29.4 Å². The number of benzene rings is 1. The van der Waals surface area contributed by atoms with Crippen molar-refractivity contribution in [3.8, 4) is 5.75 Å². The normalized spacial score (nSPS) is 14.0. The molecular weight excluding hydrogens is 330 g/mol. The Bertz CT molecular complexity index is 734. The number of amides is 4. The molecule has 0 spiro atoms. The Balaban J connectivity index is 2.25. The number of nitrogens with one attached hydrogen (secondary N) is 2. The molecule has 1 heterocycles. The van der Waals surface area contributed by atoms with Crippen LogP contribution in [0.15, 0.2) is 23.8 Å². The maximum Gasteiger partial charge on any atom is 0.328 e. The predicted molar refractivity (Wildman–Crippen MR) is 87.8 cm³/mol. The molecule has 1 aromatic carbocycles. The fourth-order valence-electron chi connectivity index (χ4n) is 2.20. The predicted octanol–water partition coefficient (Wildman–Crippen LogP) is 1.91. The van der Waals surface area contributed by atoms with Crippen molar-refractivity contribution in [3.63, 3.8) is 0 Å². The smallest absolute Gasteiger partial charge is 0.328 e. The van der Waals surface area contributed by atoms with Crippen molar-refractivity contribution < 1.29 is 24.0 Å². The van der Waals surface area contributed by atoms with E-state index >= 15 is 0 Å². The summed E-state index contributed by atoms with van der Waals surface area (Å²) in [6.45, 7) is 2.40. The van der Waals surface area contributed by atoms with Gasteiger partial charge in [-0.2, -0.15) is 0 Å². The second kappa shape index (κ2) is 8.04. The second-order valence-electron chi connectivity index (χ2n) is 5.34. The molecule has 0 saturated carbocycles. The lowest BCUT2D eigenvalue weighted by molar-refractivity contribution is -0.385. The molecule has 9 heteroatoms. The largest absolute Gasteiger partial charge is 0.487 e. The van der Waals surface area contributed by atoms with Crippen LogP contribution in [0.1, 0.15) is 31.7 Å². The third-order valence-electron chi connectivity index (χ3n) is 3.44. The molecule has 4 amide bonds. The molecule has 0 radical (unpaired) electrons. The summed E-state index contributed by atoms with van der Waals surface area (Å²) < 4.78 is 5.44. The van der Waals surface area contributed by atoms with E-state index < -0.39 is 22.8 Å². The number of nitro groups is 1. The van der Waals surface area contributed by atoms with E-state index in [1.54, 1.807) is 0 Å². The van der Waals surface area contributed by atoms with Crippen molar-refractivity contribution >= 4 is 29.6 Å². The average Bonchev–Trinajstić information content (AvgIpc) is 2.55. The van der Waals surface area contributed by atoms with Crippen molar-refractivity contribution in [3.05, 3.63) is 39.4 Å². The van der Waals surface area contributed by atoms with Crippen LogP contribution in [0.4, 0.5) is 10.5 Å². The fourth-order valence-corrected chi connectivity index (χ4v) is 2.20. The third-order valence-corrected chi connectivity index (χ3v) is 3.44. The van der Waals surface area contributed by atoms with E-state index in [-0.39, 0.29) is 22.6 Å². The summed E-state index contributed by atoms with van der Waals surface area (Å²) in [5.41, 5.74) is -0.314. The van der Waals surface area contributed by atoms with Crippen LogP contribution in [-0.2, 0) is 9.59 Å². The van der Waals surface area contributed by atoms with Gasteiger partial charge in [-0.15, -0.1) is 0 Å². The molecule has 0 unspecified atom stereocenters. The Hall–Kier alpha value is -3.23. The van der Waals surface area contributed by atoms with Gasteiger partial charge in [-0.25, -0.2) is 4.79 Å². The molecule has 0 aromatic heterocycles. The molecule has 0 aliphatic carbocycles. The first-order chi connectivity index (χ1) is 11.9. The van der Waals surface area contributed by atoms with Gasteiger partial charge < -0.3 is 4.74 Å². The van der Waals surface area contributed by atoms with Gasteiger partial charge in [-0.3, -0.25) is 30.3 Å². The number of hydrogen-bond acceptors (Lipinski definition) is 6. The monoisotopic (exact) mass is 347 g/mol. The number of carbonyl (C=O) groups excluding carboxylic acids is 3. The van der Waals surface area contributed by atoms with Gasteiger partial charge in [-0.1, -0.05) is 25.8 Å². The molecule has 0 atom stereocenters. The van der Waals surface area contributed by atoms with Gasteiger partial charge in [0, 0.05) is 6.07 Å². The number of ether oxygens (including phenoxy) is 1. The third kappa shape index (κ3) is 4.63. The zero-order valence-corrected chi connectivity index (χ0v) is 13.5. The van der Waals surface area contributed by atoms with E-state index in [1.165, 1.54) is 24.3 Å². The lowest BCUT2D eigenvalue weighted by Gasteiger charge is -2.14. The van der Waals surface area contributed by atoms with Gasteiger partial charge in [0.25, 0.3) is 11.8 Å². The number of unbranched alkanes of at least 4 members (excludes halogenated alkanes) is 2. The summed E-state index contributed by atoms with van der Waals surface area (Å²) in [7, 11) is 0. The van der Waals surface area contributed by atoms with Gasteiger partial charge in [0.05, 0.1) is 11.5 Å². The number of rotatable bonds is 7. The first-order valence-corrected chi connectivity index (χ1v) is 7.72. The number of barbiturate groups is 1. The van der Waals surface area contributed by atoms with Crippen LogP contribution in [0.25, 0.3) is 6.08 Å². The summed E-state index contributed by atoms with van der Waals surface area (Å²) in [5, 5.41) is 15.1. The Labute approximate surface area is 143 Å². The molecule has 1 aromatic rings. The molecule has 132 valence electrons. The van der Waals surface area contributed by atoms with Crippen molar-refractivity contribution in [2.45, 2.75) is 26.2 Å². The van der Waals surface area contributed by atoms with Crippen LogP contribution >= 0.6 is 0 Å². The summed E-state index contributed by atoms with van der Waals surface area (Å²) in [6, 6.07) is 3.21. The minimum Gasteiger partial charge on any atom is -0.487 e. The van der Waals surface area contributed by atoms with Gasteiger partial charge in [0.15, 0.2) is 5.75 Å². The molecule has 1 saturated heterocycles. The number of nitrogens with zero attached hydrogens (tertiary/aromatic N) is 1. The quantitative estimate of drug-likeness (QED) is 0.255. The van der Waals surface area contributed by atoms with Gasteiger partial charge in [-0.05, 0) is 24.1 Å². The first kappa shape index (κ1) is 18.1. The highest BCUT2D eigenvalue weighted by Crippen LogP contribution is 2.29. The molecule has 2 N–H and O–H groups in total.